The van der Waals surface area contributed by atoms with Crippen molar-refractivity contribution in [3.05, 3.63) is 36.7 Å². The van der Waals surface area contributed by atoms with Crippen molar-refractivity contribution >= 4 is 22.5 Å². The van der Waals surface area contributed by atoms with Gasteiger partial charge in [0.2, 0.25) is 0 Å². The number of carbonyl (C=O) groups is 1. The molecule has 0 saturated heterocycles. The summed E-state index contributed by atoms with van der Waals surface area (Å²) in [5.74, 6) is 0. The molecule has 0 fully saturated rings. The number of hydrogen-bond acceptors (Lipinski definition) is 3. The number of methoxy groups -OCH3 is 1. The minimum atomic E-state index is -0.242. The molecule has 0 unspecified atom stereocenters. The van der Waals surface area contributed by atoms with Gasteiger partial charge in [0.15, 0.2) is 0 Å². The number of rotatable bonds is 4. The Morgan fingerprint density at radius 2 is 1.91 bits per heavy atom. The van der Waals surface area contributed by atoms with Gasteiger partial charge < -0.3 is 15.4 Å². The zero-order chi connectivity index (χ0) is 13.7. The number of nitrogens with one attached hydrogen (secondary N) is 2. The van der Waals surface area contributed by atoms with E-state index in [1.54, 1.807) is 19.5 Å². The molecule has 2 aromatic rings. The Morgan fingerprint density at radius 3 is 2.57 bits per heavy atom. The molecule has 5 nitrogen and oxygen atoms in total. The van der Waals surface area contributed by atoms with Crippen molar-refractivity contribution in [3.8, 4) is 0 Å². The number of benzene rings is 1. The molecule has 2 N–H and O–H groups in total. The fraction of sp³-hybridized carbons (Fsp3) is 0.286. The second-order valence-corrected chi connectivity index (χ2v) is 4.36. The van der Waals surface area contributed by atoms with Crippen LogP contribution in [0.1, 0.15) is 6.92 Å². The molecule has 9 heteroatoms. The molecular formula is C14H17Ar4N3O2. The van der Waals surface area contributed by atoms with Gasteiger partial charge in [-0.3, -0.25) is 4.98 Å². The number of hydrogen-bond donors (Lipinski definition) is 2. The van der Waals surface area contributed by atoms with Crippen molar-refractivity contribution in [2.24, 2.45) is 0 Å². The number of fused-ring (bicyclic) bond motifs is 1. The molecule has 0 aliphatic heterocycles. The maximum atomic E-state index is 11.8. The van der Waals surface area contributed by atoms with Crippen molar-refractivity contribution in [2.75, 3.05) is 19.0 Å². The van der Waals surface area contributed by atoms with E-state index >= 15 is 0 Å². The van der Waals surface area contributed by atoms with E-state index in [0.29, 0.717) is 6.61 Å². The Kier molecular flexibility index (Phi) is 22.7. The first-order valence-corrected chi connectivity index (χ1v) is 6.10. The van der Waals surface area contributed by atoms with Gasteiger partial charge in [0.25, 0.3) is 0 Å². The normalized spacial score (nSPS) is 10.0. The van der Waals surface area contributed by atoms with Crippen molar-refractivity contribution in [1.29, 1.82) is 0 Å². The minimum Gasteiger partial charge on any atom is -0.383 e. The topological polar surface area (TPSA) is 63.2 Å². The summed E-state index contributed by atoms with van der Waals surface area (Å²) in [7, 11) is 1.60. The van der Waals surface area contributed by atoms with Crippen molar-refractivity contribution in [1.82, 2.24) is 10.3 Å². The molecule has 1 aromatic carbocycles. The zero-order valence-electron chi connectivity index (χ0n) is 12.4. The molecule has 1 atom stereocenters. The molecule has 0 radical (unpaired) electrons. The predicted octanol–water partition coefficient (Wildman–Crippen LogP) is 2.39. The monoisotopic (exact) mass is 419 g/mol. The van der Waals surface area contributed by atoms with Gasteiger partial charge in [-0.15, -0.1) is 0 Å². The second kappa shape index (κ2) is 17.0. The maximum absolute atomic E-state index is 11.8. The molecule has 0 bridgehead atoms. The van der Waals surface area contributed by atoms with Gasteiger partial charge in [-0.2, -0.15) is 0 Å². The summed E-state index contributed by atoms with van der Waals surface area (Å²) in [6, 6.07) is 7.30. The number of urea groups is 1. The van der Waals surface area contributed by atoms with E-state index in [2.05, 4.69) is 15.6 Å². The van der Waals surface area contributed by atoms with Crippen LogP contribution in [0.2, 0.25) is 0 Å². The zero-order valence-corrected chi connectivity index (χ0v) is 15.3. The molecule has 0 aliphatic carbocycles. The number of aromatic nitrogens is 1. The number of amides is 2. The van der Waals surface area contributed by atoms with Crippen LogP contribution in [0.5, 0.6) is 0 Å². The summed E-state index contributed by atoms with van der Waals surface area (Å²) >= 11 is 0. The van der Waals surface area contributed by atoms with E-state index in [-0.39, 0.29) is 163 Å². The van der Waals surface area contributed by atoms with E-state index < -0.39 is 0 Å². The predicted molar refractivity (Wildman–Crippen MR) is 75.2 cm³/mol. The van der Waals surface area contributed by atoms with Gasteiger partial charge in [-0.1, -0.05) is 12.1 Å². The van der Waals surface area contributed by atoms with Crippen molar-refractivity contribution < 1.29 is 160 Å². The van der Waals surface area contributed by atoms with Crippen LogP contribution in [-0.4, -0.2) is 30.8 Å². The molecule has 0 saturated carbocycles. The van der Waals surface area contributed by atoms with Gasteiger partial charge in [0.05, 0.1) is 18.3 Å². The Balaban J connectivity index is -0.000001000. The Morgan fingerprint density at radius 1 is 1.22 bits per heavy atom. The van der Waals surface area contributed by atoms with Crippen molar-refractivity contribution in [3.63, 3.8) is 0 Å². The van der Waals surface area contributed by atoms with E-state index in [1.807, 2.05) is 31.2 Å². The van der Waals surface area contributed by atoms with Crippen LogP contribution in [0.25, 0.3) is 10.8 Å². The summed E-state index contributed by atoms with van der Waals surface area (Å²) in [6.45, 7) is 2.36. The number of anilines is 1. The molecule has 1 aromatic heterocycles. The summed E-state index contributed by atoms with van der Waals surface area (Å²) in [4.78, 5) is 15.9. The number of nitrogens with zero attached hydrogens (tertiary/aromatic N) is 1. The van der Waals surface area contributed by atoms with Crippen LogP contribution in [0.15, 0.2) is 36.7 Å². The van der Waals surface area contributed by atoms with Gasteiger partial charge >= 0.3 is 6.03 Å². The molecule has 2 amide bonds. The second-order valence-electron chi connectivity index (χ2n) is 4.36. The molecule has 0 spiro atoms. The summed E-state index contributed by atoms with van der Waals surface area (Å²) in [5, 5.41) is 7.60. The van der Waals surface area contributed by atoms with Crippen LogP contribution in [0, 0.1) is 151 Å². The molecule has 1 heterocycles. The standard InChI is InChI=1S/C14H17N3O2.4Ar/c1-10(9-19-2)16-14(18)17-13-5-3-4-11-8-15-7-6-12(11)13;;;;/h3-8,10H,9H2,1-2H3,(H2,16,17,18);;;;/t10-;;;;/m0..../s1. The average molecular weight is 419 g/mol. The van der Waals surface area contributed by atoms with E-state index in [9.17, 15) is 4.79 Å². The summed E-state index contributed by atoms with van der Waals surface area (Å²) in [6.07, 6.45) is 3.48. The minimum absolute atomic E-state index is 0. The number of pyridine rings is 1. The van der Waals surface area contributed by atoms with E-state index in [4.69, 9.17) is 4.74 Å². The van der Waals surface area contributed by atoms with Crippen LogP contribution in [0.3, 0.4) is 0 Å². The molecule has 23 heavy (non-hydrogen) atoms. The van der Waals surface area contributed by atoms with Gasteiger partial charge in [-0.05, 0) is 19.1 Å². The smallest absolute Gasteiger partial charge is 0.319 e. The van der Waals surface area contributed by atoms with Crippen LogP contribution < -0.4 is 10.6 Å². The van der Waals surface area contributed by atoms with E-state index in [0.717, 1.165) is 16.5 Å². The quantitative estimate of drug-likeness (QED) is 0.801. The van der Waals surface area contributed by atoms with Crippen molar-refractivity contribution in [2.45, 2.75) is 13.0 Å². The fourth-order valence-corrected chi connectivity index (χ4v) is 1.91. The van der Waals surface area contributed by atoms with Crippen LogP contribution >= 0.6 is 0 Å². The van der Waals surface area contributed by atoms with Crippen LogP contribution in [-0.2, 0) is 4.74 Å². The maximum Gasteiger partial charge on any atom is 0.319 e. The summed E-state index contributed by atoms with van der Waals surface area (Å²) < 4.78 is 4.97. The first-order chi connectivity index (χ1) is 9.20. The Hall–Kier alpha value is 2.90. The summed E-state index contributed by atoms with van der Waals surface area (Å²) in [5.41, 5.74) is 0.766. The van der Waals surface area contributed by atoms with E-state index in [1.165, 1.54) is 0 Å². The van der Waals surface area contributed by atoms with Crippen LogP contribution in [0.4, 0.5) is 10.5 Å². The number of ether oxygens (including phenoxy) is 1. The molecular weight excluding hydrogens is 402 g/mol. The Bertz CT molecular complexity index is 581. The first kappa shape index (κ1) is 30.6. The SMILES string of the molecule is COC[C@H](C)NC(=O)Nc1cccc2cnccc12.[Ar].[Ar].[Ar].[Ar]. The Labute approximate surface area is 256 Å². The third-order valence-electron chi connectivity index (χ3n) is 2.72. The van der Waals surface area contributed by atoms with Gasteiger partial charge in [-0.25, -0.2) is 4.79 Å². The molecule has 132 valence electrons. The largest absolute Gasteiger partial charge is 0.383 e. The fourth-order valence-electron chi connectivity index (χ4n) is 1.91. The molecule has 2 rings (SSSR count). The van der Waals surface area contributed by atoms with Gasteiger partial charge in [0, 0.05) is 181 Å². The van der Waals surface area contributed by atoms with Gasteiger partial charge in [0.1, 0.15) is 0 Å². The number of carbonyl (C=O) groups excluding carboxylic acids is 1. The third kappa shape index (κ3) is 10.7. The molecule has 0 aliphatic rings. The first-order valence-electron chi connectivity index (χ1n) is 6.10. The third-order valence-corrected chi connectivity index (χ3v) is 2.72. The average Bonchev–Trinajstić information content (AvgIpc) is 2.39.